The van der Waals surface area contributed by atoms with Crippen LogP contribution in [0.1, 0.15) is 54.1 Å². The van der Waals surface area contributed by atoms with Gasteiger partial charge in [-0.1, -0.05) is 30.3 Å². The summed E-state index contributed by atoms with van der Waals surface area (Å²) in [5.74, 6) is 0.479. The number of ether oxygens (including phenoxy) is 1. The summed E-state index contributed by atoms with van der Waals surface area (Å²) in [4.78, 5) is 14.7. The summed E-state index contributed by atoms with van der Waals surface area (Å²) in [7, 11) is 0. The van der Waals surface area contributed by atoms with Gasteiger partial charge in [0.05, 0.1) is 6.10 Å². The molecule has 29 heavy (non-hydrogen) atoms. The predicted molar refractivity (Wildman–Crippen MR) is 109 cm³/mol. The molecule has 2 aromatic rings. The van der Waals surface area contributed by atoms with Crippen LogP contribution in [0, 0.1) is 17.7 Å². The monoisotopic (exact) mass is 397 g/mol. The van der Waals surface area contributed by atoms with Crippen LogP contribution < -0.4 is 4.74 Å². The maximum Gasteiger partial charge on any atom is 0.254 e. The SMILES string of the molecule is CC(O)C1CCC(CN2Cc3cc(F)c(OCc4ccccc4)cc3C2=O)CC1. The fourth-order valence-electron chi connectivity index (χ4n) is 4.53. The second-order valence-corrected chi connectivity index (χ2v) is 8.42. The van der Waals surface area contributed by atoms with Crippen molar-refractivity contribution in [2.24, 2.45) is 11.8 Å². The highest BCUT2D eigenvalue weighted by atomic mass is 19.1. The van der Waals surface area contributed by atoms with Crippen LogP contribution in [0.5, 0.6) is 5.75 Å². The maximum absolute atomic E-state index is 14.5. The Hall–Kier alpha value is -2.40. The third-order valence-electron chi connectivity index (χ3n) is 6.33. The molecule has 0 saturated heterocycles. The number of carbonyl (C=O) groups is 1. The molecule has 1 unspecified atom stereocenters. The number of benzene rings is 2. The van der Waals surface area contributed by atoms with Crippen LogP contribution in [0.2, 0.25) is 0 Å². The van der Waals surface area contributed by atoms with Crippen molar-refractivity contribution < 1.29 is 19.0 Å². The Morgan fingerprint density at radius 1 is 1.17 bits per heavy atom. The van der Waals surface area contributed by atoms with Crippen molar-refractivity contribution in [3.8, 4) is 5.75 Å². The lowest BCUT2D eigenvalue weighted by molar-refractivity contribution is 0.0647. The molecule has 1 aliphatic heterocycles. The molecular weight excluding hydrogens is 369 g/mol. The Bertz CT molecular complexity index is 860. The summed E-state index contributed by atoms with van der Waals surface area (Å²) in [6.07, 6.45) is 3.79. The van der Waals surface area contributed by atoms with Crippen LogP contribution in [-0.4, -0.2) is 28.6 Å². The van der Waals surface area contributed by atoms with Crippen LogP contribution >= 0.6 is 0 Å². The summed E-state index contributed by atoms with van der Waals surface area (Å²) < 4.78 is 20.1. The third kappa shape index (κ3) is 4.45. The van der Waals surface area contributed by atoms with E-state index in [1.165, 1.54) is 6.07 Å². The van der Waals surface area contributed by atoms with Gasteiger partial charge in [-0.15, -0.1) is 0 Å². The van der Waals surface area contributed by atoms with Crippen molar-refractivity contribution in [1.82, 2.24) is 4.90 Å². The molecule has 154 valence electrons. The summed E-state index contributed by atoms with van der Waals surface area (Å²) in [5, 5.41) is 9.76. The molecule has 1 aliphatic carbocycles. The zero-order valence-electron chi connectivity index (χ0n) is 16.8. The smallest absolute Gasteiger partial charge is 0.254 e. The van der Waals surface area contributed by atoms with Crippen LogP contribution in [0.4, 0.5) is 4.39 Å². The highest BCUT2D eigenvalue weighted by Crippen LogP contribution is 2.34. The molecule has 4 rings (SSSR count). The maximum atomic E-state index is 14.5. The van der Waals surface area contributed by atoms with E-state index < -0.39 is 5.82 Å². The molecule has 2 aliphatic rings. The van der Waals surface area contributed by atoms with Crippen LogP contribution in [0.3, 0.4) is 0 Å². The van der Waals surface area contributed by atoms with Gasteiger partial charge in [0.1, 0.15) is 6.61 Å². The van der Waals surface area contributed by atoms with E-state index in [-0.39, 0.29) is 24.4 Å². The molecular formula is C24H28FNO3. The molecule has 5 heteroatoms. The number of aliphatic hydroxyl groups is 1. The molecule has 1 amide bonds. The molecule has 2 aromatic carbocycles. The first-order valence-electron chi connectivity index (χ1n) is 10.5. The van der Waals surface area contributed by atoms with Gasteiger partial charge in [0, 0.05) is 18.7 Å². The standard InChI is InChI=1S/C24H28FNO3/c1-16(27)19-9-7-17(8-10-19)13-26-14-20-11-22(25)23(12-21(20)24(26)28)29-15-18-5-3-2-4-6-18/h2-6,11-12,16-17,19,27H,7-10,13-15H2,1H3. The number of rotatable bonds is 6. The van der Waals surface area contributed by atoms with E-state index in [9.17, 15) is 14.3 Å². The molecule has 1 saturated carbocycles. The lowest BCUT2D eigenvalue weighted by atomic mass is 9.79. The normalized spacial score (nSPS) is 22.4. The van der Waals surface area contributed by atoms with E-state index in [0.29, 0.717) is 30.5 Å². The van der Waals surface area contributed by atoms with Gasteiger partial charge in [-0.2, -0.15) is 0 Å². The molecule has 0 aromatic heterocycles. The Kier molecular flexibility index (Phi) is 5.86. The minimum Gasteiger partial charge on any atom is -0.486 e. The van der Waals surface area contributed by atoms with E-state index in [2.05, 4.69) is 0 Å². The molecule has 1 N–H and O–H groups in total. The zero-order chi connectivity index (χ0) is 20.4. The fraction of sp³-hybridized carbons (Fsp3) is 0.458. The van der Waals surface area contributed by atoms with Crippen molar-refractivity contribution in [3.63, 3.8) is 0 Å². The average Bonchev–Trinajstić information content (AvgIpc) is 3.01. The first kappa shape index (κ1) is 19.9. The summed E-state index contributed by atoms with van der Waals surface area (Å²) in [6, 6.07) is 12.6. The summed E-state index contributed by atoms with van der Waals surface area (Å²) in [6.45, 7) is 3.28. The molecule has 0 spiro atoms. The topological polar surface area (TPSA) is 49.8 Å². The molecule has 0 bridgehead atoms. The van der Waals surface area contributed by atoms with Gasteiger partial charge >= 0.3 is 0 Å². The minimum absolute atomic E-state index is 0.0396. The average molecular weight is 397 g/mol. The van der Waals surface area contributed by atoms with Crippen LogP contribution in [-0.2, 0) is 13.2 Å². The summed E-state index contributed by atoms with van der Waals surface area (Å²) in [5.41, 5.74) is 2.23. The first-order chi connectivity index (χ1) is 14.0. The molecule has 1 heterocycles. The van der Waals surface area contributed by atoms with Gasteiger partial charge < -0.3 is 14.7 Å². The van der Waals surface area contributed by atoms with Gasteiger partial charge in [-0.3, -0.25) is 4.79 Å². The van der Waals surface area contributed by atoms with E-state index >= 15 is 0 Å². The highest BCUT2D eigenvalue weighted by molar-refractivity contribution is 5.98. The summed E-state index contributed by atoms with van der Waals surface area (Å²) >= 11 is 0. The van der Waals surface area contributed by atoms with Crippen molar-refractivity contribution in [3.05, 3.63) is 65.0 Å². The predicted octanol–water partition coefficient (Wildman–Crippen LogP) is 4.55. The minimum atomic E-state index is -0.424. The second-order valence-electron chi connectivity index (χ2n) is 8.42. The van der Waals surface area contributed by atoms with Gasteiger partial charge in [0.25, 0.3) is 5.91 Å². The van der Waals surface area contributed by atoms with Crippen LogP contribution in [0.15, 0.2) is 42.5 Å². The number of fused-ring (bicyclic) bond motifs is 1. The Balaban J connectivity index is 1.39. The Labute approximate surface area is 171 Å². The van der Waals surface area contributed by atoms with Gasteiger partial charge in [-0.25, -0.2) is 4.39 Å². The van der Waals surface area contributed by atoms with E-state index in [4.69, 9.17) is 4.74 Å². The lowest BCUT2D eigenvalue weighted by Crippen LogP contribution is -2.33. The largest absolute Gasteiger partial charge is 0.486 e. The van der Waals surface area contributed by atoms with Gasteiger partial charge in [-0.05, 0) is 67.7 Å². The zero-order valence-corrected chi connectivity index (χ0v) is 16.8. The van der Waals surface area contributed by atoms with Crippen LogP contribution in [0.25, 0.3) is 0 Å². The van der Waals surface area contributed by atoms with E-state index in [0.717, 1.165) is 36.8 Å². The number of nitrogens with zero attached hydrogens (tertiary/aromatic N) is 1. The fourth-order valence-corrected chi connectivity index (χ4v) is 4.53. The second kappa shape index (κ2) is 8.54. The Morgan fingerprint density at radius 2 is 1.90 bits per heavy atom. The highest BCUT2D eigenvalue weighted by Gasteiger charge is 2.32. The molecule has 1 fully saturated rings. The quantitative estimate of drug-likeness (QED) is 0.778. The first-order valence-corrected chi connectivity index (χ1v) is 10.5. The van der Waals surface area contributed by atoms with E-state index in [1.54, 1.807) is 6.07 Å². The molecule has 4 nitrogen and oxygen atoms in total. The third-order valence-corrected chi connectivity index (χ3v) is 6.33. The van der Waals surface area contributed by atoms with Crippen molar-refractivity contribution >= 4 is 5.91 Å². The van der Waals surface area contributed by atoms with E-state index in [1.807, 2.05) is 42.2 Å². The number of carbonyl (C=O) groups excluding carboxylic acids is 1. The number of hydrogen-bond acceptors (Lipinski definition) is 3. The van der Waals surface area contributed by atoms with Gasteiger partial charge in [0.2, 0.25) is 0 Å². The Morgan fingerprint density at radius 3 is 2.59 bits per heavy atom. The van der Waals surface area contributed by atoms with Crippen molar-refractivity contribution in [2.45, 2.75) is 51.9 Å². The molecule has 1 atom stereocenters. The number of aliphatic hydroxyl groups excluding tert-OH is 1. The molecule has 0 radical (unpaired) electrons. The van der Waals surface area contributed by atoms with Crippen molar-refractivity contribution in [1.29, 1.82) is 0 Å². The number of amides is 1. The number of hydrogen-bond donors (Lipinski definition) is 1. The number of halogens is 1. The van der Waals surface area contributed by atoms with Gasteiger partial charge in [0.15, 0.2) is 11.6 Å². The van der Waals surface area contributed by atoms with Crippen molar-refractivity contribution in [2.75, 3.05) is 6.54 Å². The lowest BCUT2D eigenvalue weighted by Gasteiger charge is -2.32.